The number of rotatable bonds is 7. The molecule has 1 aromatic carbocycles. The Morgan fingerprint density at radius 1 is 1.33 bits per heavy atom. The van der Waals surface area contributed by atoms with E-state index < -0.39 is 0 Å². The molecule has 0 saturated heterocycles. The van der Waals surface area contributed by atoms with E-state index in [1.165, 1.54) is 4.68 Å². The van der Waals surface area contributed by atoms with E-state index >= 15 is 0 Å². The van der Waals surface area contributed by atoms with Crippen molar-refractivity contribution >= 4 is 21.6 Å². The first-order valence-corrected chi connectivity index (χ1v) is 7.30. The van der Waals surface area contributed by atoms with Crippen molar-refractivity contribution in [2.75, 3.05) is 25.1 Å². The first-order chi connectivity index (χ1) is 10.2. The van der Waals surface area contributed by atoms with Gasteiger partial charge in [-0.25, -0.2) is 4.68 Å². The maximum Gasteiger partial charge on any atom is 0.283 e. The van der Waals surface area contributed by atoms with Crippen molar-refractivity contribution in [2.45, 2.75) is 6.54 Å². The second kappa shape index (κ2) is 7.80. The number of halogens is 1. The zero-order valence-electron chi connectivity index (χ0n) is 11.3. The molecule has 2 N–H and O–H groups in total. The third-order valence-corrected chi connectivity index (χ3v) is 3.49. The van der Waals surface area contributed by atoms with Crippen molar-refractivity contribution in [1.29, 1.82) is 0 Å². The molecule has 6 nitrogen and oxygen atoms in total. The van der Waals surface area contributed by atoms with Crippen LogP contribution in [0.15, 0.2) is 45.8 Å². The third-order valence-electron chi connectivity index (χ3n) is 2.73. The minimum atomic E-state index is -0.280. The quantitative estimate of drug-likeness (QED) is 0.737. The van der Waals surface area contributed by atoms with Crippen LogP contribution in [0.1, 0.15) is 0 Å². The molecule has 0 aliphatic carbocycles. The lowest BCUT2D eigenvalue weighted by molar-refractivity contribution is 0.266. The van der Waals surface area contributed by atoms with E-state index in [-0.39, 0.29) is 18.7 Å². The highest BCUT2D eigenvalue weighted by molar-refractivity contribution is 9.10. The smallest absolute Gasteiger partial charge is 0.283 e. The van der Waals surface area contributed by atoms with Crippen LogP contribution in [-0.4, -0.2) is 34.6 Å². The van der Waals surface area contributed by atoms with Gasteiger partial charge in [0.05, 0.1) is 25.0 Å². The Balaban J connectivity index is 1.89. The first kappa shape index (κ1) is 15.5. The summed E-state index contributed by atoms with van der Waals surface area (Å²) in [6.45, 7) is 1.06. The Kier molecular flexibility index (Phi) is 5.77. The van der Waals surface area contributed by atoms with Crippen LogP contribution in [0, 0.1) is 0 Å². The van der Waals surface area contributed by atoms with Crippen LogP contribution in [0.3, 0.4) is 0 Å². The summed E-state index contributed by atoms with van der Waals surface area (Å²) in [6.07, 6.45) is 1.55. The van der Waals surface area contributed by atoms with Gasteiger partial charge in [0.25, 0.3) is 5.56 Å². The Labute approximate surface area is 130 Å². The van der Waals surface area contributed by atoms with Crippen LogP contribution in [0.5, 0.6) is 5.75 Å². The highest BCUT2D eigenvalue weighted by atomic mass is 79.9. The summed E-state index contributed by atoms with van der Waals surface area (Å²) in [5, 5.41) is 15.9. The van der Waals surface area contributed by atoms with E-state index in [0.29, 0.717) is 23.3 Å². The number of hydrogen-bond donors (Lipinski definition) is 2. The number of aliphatic hydroxyl groups excluding tert-OH is 1. The molecule has 0 atom stereocenters. The van der Waals surface area contributed by atoms with Gasteiger partial charge in [-0.1, -0.05) is 18.2 Å². The van der Waals surface area contributed by atoms with Crippen LogP contribution in [0.4, 0.5) is 5.69 Å². The molecule has 0 spiro atoms. The van der Waals surface area contributed by atoms with Crippen LogP contribution in [0.25, 0.3) is 0 Å². The lowest BCUT2D eigenvalue weighted by atomic mass is 10.3. The molecule has 1 aromatic heterocycles. The summed E-state index contributed by atoms with van der Waals surface area (Å²) in [5.74, 6) is 0.801. The molecule has 0 bridgehead atoms. The van der Waals surface area contributed by atoms with Crippen molar-refractivity contribution in [3.05, 3.63) is 51.4 Å². The molecule has 0 fully saturated rings. The highest BCUT2D eigenvalue weighted by Crippen LogP contribution is 2.15. The fraction of sp³-hybridized carbons (Fsp3) is 0.286. The number of benzene rings is 1. The molecule has 0 saturated carbocycles. The SMILES string of the molecule is O=c1c(Br)c(NCCOc2ccccc2)cnn1CCO. The summed E-state index contributed by atoms with van der Waals surface area (Å²) in [5.41, 5.74) is 0.323. The zero-order valence-corrected chi connectivity index (χ0v) is 12.9. The van der Waals surface area contributed by atoms with Crippen LogP contribution >= 0.6 is 15.9 Å². The highest BCUT2D eigenvalue weighted by Gasteiger charge is 2.07. The van der Waals surface area contributed by atoms with E-state index in [1.54, 1.807) is 6.20 Å². The van der Waals surface area contributed by atoms with Gasteiger partial charge in [-0.05, 0) is 28.1 Å². The van der Waals surface area contributed by atoms with Crippen LogP contribution < -0.4 is 15.6 Å². The summed E-state index contributed by atoms with van der Waals surface area (Å²) in [6, 6.07) is 9.50. The van der Waals surface area contributed by atoms with Gasteiger partial charge in [0.1, 0.15) is 16.8 Å². The molecular formula is C14H16BrN3O3. The lowest BCUT2D eigenvalue weighted by Crippen LogP contribution is -2.26. The minimum absolute atomic E-state index is 0.128. The first-order valence-electron chi connectivity index (χ1n) is 6.50. The molecule has 0 aliphatic rings. The predicted molar refractivity (Wildman–Crippen MR) is 83.7 cm³/mol. The lowest BCUT2D eigenvalue weighted by Gasteiger charge is -2.10. The average molecular weight is 354 g/mol. The average Bonchev–Trinajstić information content (AvgIpc) is 2.51. The summed E-state index contributed by atoms with van der Waals surface area (Å²) < 4.78 is 7.14. The van der Waals surface area contributed by atoms with Gasteiger partial charge in [0.15, 0.2) is 0 Å². The van der Waals surface area contributed by atoms with Crippen molar-refractivity contribution < 1.29 is 9.84 Å². The predicted octanol–water partition coefficient (Wildman–Crippen LogP) is 1.49. The molecule has 7 heteroatoms. The molecular weight excluding hydrogens is 338 g/mol. The molecule has 0 unspecified atom stereocenters. The van der Waals surface area contributed by atoms with Crippen LogP contribution in [0.2, 0.25) is 0 Å². The van der Waals surface area contributed by atoms with Crippen molar-refractivity contribution in [2.24, 2.45) is 0 Å². The third kappa shape index (κ3) is 4.30. The molecule has 0 amide bonds. The number of para-hydroxylation sites is 1. The van der Waals surface area contributed by atoms with Gasteiger partial charge in [-0.15, -0.1) is 0 Å². The standard InChI is InChI=1S/C14H16BrN3O3/c15-13-12(10-17-18(7-8-19)14(13)20)16-6-9-21-11-4-2-1-3-5-11/h1-5,10,16,19H,6-9H2. The van der Waals surface area contributed by atoms with Gasteiger partial charge in [-0.2, -0.15) is 5.10 Å². The van der Waals surface area contributed by atoms with Gasteiger partial charge in [-0.3, -0.25) is 4.79 Å². The number of ether oxygens (including phenoxy) is 1. The van der Waals surface area contributed by atoms with Crippen molar-refractivity contribution in [3.63, 3.8) is 0 Å². The van der Waals surface area contributed by atoms with E-state index in [4.69, 9.17) is 9.84 Å². The molecule has 21 heavy (non-hydrogen) atoms. The Morgan fingerprint density at radius 2 is 2.10 bits per heavy atom. The molecule has 2 aromatic rings. The largest absolute Gasteiger partial charge is 0.492 e. The maximum absolute atomic E-state index is 11.9. The summed E-state index contributed by atoms with van der Waals surface area (Å²) in [7, 11) is 0. The number of nitrogens with zero attached hydrogens (tertiary/aromatic N) is 2. The van der Waals surface area contributed by atoms with E-state index in [9.17, 15) is 4.79 Å². The number of aliphatic hydroxyl groups is 1. The van der Waals surface area contributed by atoms with Gasteiger partial charge in [0.2, 0.25) is 0 Å². The number of anilines is 1. The summed E-state index contributed by atoms with van der Waals surface area (Å²) in [4.78, 5) is 11.9. The molecule has 0 aliphatic heterocycles. The van der Waals surface area contributed by atoms with Crippen LogP contribution in [-0.2, 0) is 6.54 Å². The van der Waals surface area contributed by atoms with Gasteiger partial charge < -0.3 is 15.2 Å². The molecule has 0 radical (unpaired) electrons. The molecule has 2 rings (SSSR count). The normalized spacial score (nSPS) is 10.4. The second-order valence-electron chi connectivity index (χ2n) is 4.21. The van der Waals surface area contributed by atoms with Gasteiger partial charge >= 0.3 is 0 Å². The van der Waals surface area contributed by atoms with E-state index in [0.717, 1.165) is 5.75 Å². The van der Waals surface area contributed by atoms with Crippen molar-refractivity contribution in [3.8, 4) is 5.75 Å². The minimum Gasteiger partial charge on any atom is -0.492 e. The number of aromatic nitrogens is 2. The Morgan fingerprint density at radius 3 is 2.81 bits per heavy atom. The second-order valence-corrected chi connectivity index (χ2v) is 5.01. The van der Waals surface area contributed by atoms with Crippen molar-refractivity contribution in [1.82, 2.24) is 9.78 Å². The topological polar surface area (TPSA) is 76.4 Å². The molecule has 112 valence electrons. The fourth-order valence-corrected chi connectivity index (χ4v) is 2.16. The zero-order chi connectivity index (χ0) is 15.1. The molecule has 1 heterocycles. The number of hydrogen-bond acceptors (Lipinski definition) is 5. The maximum atomic E-state index is 11.9. The van der Waals surface area contributed by atoms with E-state index in [2.05, 4.69) is 26.3 Å². The van der Waals surface area contributed by atoms with E-state index in [1.807, 2.05) is 30.3 Å². The Bertz CT molecular complexity index is 631. The monoisotopic (exact) mass is 353 g/mol. The fourth-order valence-electron chi connectivity index (χ4n) is 1.71. The summed E-state index contributed by atoms with van der Waals surface area (Å²) >= 11 is 3.24. The van der Waals surface area contributed by atoms with Gasteiger partial charge in [0, 0.05) is 6.54 Å². The number of nitrogens with one attached hydrogen (secondary N) is 1. The Hall–Kier alpha value is -1.86.